The number of piperidine rings is 1. The van der Waals surface area contributed by atoms with Crippen molar-refractivity contribution in [1.82, 2.24) is 4.90 Å². The fourth-order valence-electron chi connectivity index (χ4n) is 4.30. The lowest BCUT2D eigenvalue weighted by atomic mass is 9.94. The molecule has 1 aromatic rings. The molecule has 1 aromatic carbocycles. The summed E-state index contributed by atoms with van der Waals surface area (Å²) < 4.78 is 12.2. The van der Waals surface area contributed by atoms with E-state index in [1.165, 1.54) is 6.42 Å². The lowest BCUT2D eigenvalue weighted by molar-refractivity contribution is -0.125. The molecule has 0 aromatic heterocycles. The summed E-state index contributed by atoms with van der Waals surface area (Å²) >= 11 is 0. The summed E-state index contributed by atoms with van der Waals surface area (Å²) in [5.41, 5.74) is 6.10. The smallest absolute Gasteiger partial charge is 0.251 e. The van der Waals surface area contributed by atoms with Gasteiger partial charge >= 0.3 is 0 Å². The third-order valence-electron chi connectivity index (χ3n) is 5.71. The fraction of sp³-hybridized carbons (Fsp3) is 0.600. The summed E-state index contributed by atoms with van der Waals surface area (Å²) in [5, 5.41) is 2.92. The molecule has 2 amide bonds. The van der Waals surface area contributed by atoms with Crippen LogP contribution in [0.5, 0.6) is 11.5 Å². The van der Waals surface area contributed by atoms with Crippen molar-refractivity contribution in [2.75, 3.05) is 25.0 Å². The average molecular weight is 373 g/mol. The summed E-state index contributed by atoms with van der Waals surface area (Å²) in [6.45, 7) is 1.61. The minimum Gasteiger partial charge on any atom is -0.448 e. The van der Waals surface area contributed by atoms with Gasteiger partial charge in [-0.1, -0.05) is 6.42 Å². The Kier molecular flexibility index (Phi) is 4.95. The molecule has 1 saturated heterocycles. The first-order valence-electron chi connectivity index (χ1n) is 9.87. The molecule has 1 atom stereocenters. The second-order valence-corrected chi connectivity index (χ2v) is 7.86. The van der Waals surface area contributed by atoms with Crippen molar-refractivity contribution in [3.05, 3.63) is 18.2 Å². The van der Waals surface area contributed by atoms with Crippen LogP contribution in [-0.2, 0) is 9.59 Å². The van der Waals surface area contributed by atoms with Crippen LogP contribution < -0.4 is 20.5 Å². The number of rotatable bonds is 4. The molecule has 146 valence electrons. The fourth-order valence-corrected chi connectivity index (χ4v) is 4.30. The molecule has 7 heteroatoms. The van der Waals surface area contributed by atoms with E-state index in [2.05, 4.69) is 5.32 Å². The van der Waals surface area contributed by atoms with E-state index < -0.39 is 5.79 Å². The maximum Gasteiger partial charge on any atom is 0.251 e. The zero-order valence-electron chi connectivity index (χ0n) is 15.5. The SMILES string of the molecule is NC(=O)[C@@H]1CCCN(CC(=O)Nc2ccc3c(c2)OC2(CCCCC2)O3)C1. The summed E-state index contributed by atoms with van der Waals surface area (Å²) in [4.78, 5) is 25.8. The number of hydrogen-bond acceptors (Lipinski definition) is 5. The number of carbonyl (C=O) groups excluding carboxylic acids is 2. The van der Waals surface area contributed by atoms with Crippen LogP contribution in [0.3, 0.4) is 0 Å². The highest BCUT2D eigenvalue weighted by Gasteiger charge is 2.42. The number of carbonyl (C=O) groups is 2. The van der Waals surface area contributed by atoms with Crippen LogP contribution >= 0.6 is 0 Å². The standard InChI is InChI=1S/C20H27N3O4/c21-19(25)14-5-4-10-23(12-14)13-18(24)22-15-6-7-16-17(11-15)27-20(26-16)8-2-1-3-9-20/h6-7,11,14H,1-5,8-10,12-13H2,(H2,21,25)(H,22,24)/t14-/m1/s1. The van der Waals surface area contributed by atoms with Gasteiger partial charge in [-0.3, -0.25) is 14.5 Å². The number of amides is 2. The number of nitrogens with zero attached hydrogens (tertiary/aromatic N) is 1. The minimum atomic E-state index is -0.513. The van der Waals surface area contributed by atoms with E-state index in [0.29, 0.717) is 18.0 Å². The van der Waals surface area contributed by atoms with Crippen LogP contribution in [0.4, 0.5) is 5.69 Å². The molecule has 27 heavy (non-hydrogen) atoms. The molecule has 0 radical (unpaired) electrons. The highest BCUT2D eigenvalue weighted by molar-refractivity contribution is 5.92. The van der Waals surface area contributed by atoms with E-state index in [4.69, 9.17) is 15.2 Å². The number of ether oxygens (including phenoxy) is 2. The van der Waals surface area contributed by atoms with Crippen molar-refractivity contribution in [3.63, 3.8) is 0 Å². The van der Waals surface area contributed by atoms with E-state index in [1.54, 1.807) is 0 Å². The Morgan fingerprint density at radius 1 is 1.15 bits per heavy atom. The summed E-state index contributed by atoms with van der Waals surface area (Å²) in [6, 6.07) is 5.53. The molecule has 2 aliphatic heterocycles. The molecular formula is C20H27N3O4. The van der Waals surface area contributed by atoms with Crippen molar-refractivity contribution in [2.24, 2.45) is 11.7 Å². The van der Waals surface area contributed by atoms with Crippen molar-refractivity contribution >= 4 is 17.5 Å². The van der Waals surface area contributed by atoms with E-state index in [0.717, 1.165) is 50.8 Å². The Morgan fingerprint density at radius 2 is 1.93 bits per heavy atom. The maximum atomic E-state index is 12.4. The van der Waals surface area contributed by atoms with Crippen LogP contribution in [0, 0.1) is 5.92 Å². The van der Waals surface area contributed by atoms with Crippen LogP contribution in [0.2, 0.25) is 0 Å². The van der Waals surface area contributed by atoms with Crippen molar-refractivity contribution in [1.29, 1.82) is 0 Å². The molecule has 1 spiro atoms. The first kappa shape index (κ1) is 18.1. The van der Waals surface area contributed by atoms with Crippen molar-refractivity contribution < 1.29 is 19.1 Å². The summed E-state index contributed by atoms with van der Waals surface area (Å²) in [5.74, 6) is 0.375. The number of benzene rings is 1. The second-order valence-electron chi connectivity index (χ2n) is 7.86. The van der Waals surface area contributed by atoms with Gasteiger partial charge in [0.15, 0.2) is 11.5 Å². The molecule has 1 saturated carbocycles. The van der Waals surface area contributed by atoms with Gasteiger partial charge < -0.3 is 20.5 Å². The van der Waals surface area contributed by atoms with E-state index >= 15 is 0 Å². The Hall–Kier alpha value is -2.28. The third kappa shape index (κ3) is 4.03. The van der Waals surface area contributed by atoms with Crippen molar-refractivity contribution in [2.45, 2.75) is 50.7 Å². The number of primary amides is 1. The van der Waals surface area contributed by atoms with E-state index in [1.807, 2.05) is 23.1 Å². The van der Waals surface area contributed by atoms with Gasteiger partial charge in [-0.25, -0.2) is 0 Å². The van der Waals surface area contributed by atoms with E-state index in [-0.39, 0.29) is 24.3 Å². The Labute approximate surface area is 159 Å². The second kappa shape index (κ2) is 7.38. The topological polar surface area (TPSA) is 93.9 Å². The number of hydrogen-bond donors (Lipinski definition) is 2. The molecule has 1 aliphatic carbocycles. The average Bonchev–Trinajstić information content (AvgIpc) is 2.99. The normalized spacial score (nSPS) is 23.9. The zero-order valence-corrected chi connectivity index (χ0v) is 15.5. The summed E-state index contributed by atoms with van der Waals surface area (Å²) in [6.07, 6.45) is 6.93. The Morgan fingerprint density at radius 3 is 2.70 bits per heavy atom. The molecule has 0 bridgehead atoms. The Bertz CT molecular complexity index is 730. The zero-order chi connectivity index (χ0) is 18.9. The molecule has 2 fully saturated rings. The van der Waals surface area contributed by atoms with Gasteiger partial charge in [-0.2, -0.15) is 0 Å². The quantitative estimate of drug-likeness (QED) is 0.844. The predicted octanol–water partition coefficient (Wildman–Crippen LogP) is 2.25. The third-order valence-corrected chi connectivity index (χ3v) is 5.71. The molecule has 3 N–H and O–H groups in total. The minimum absolute atomic E-state index is 0.105. The van der Waals surface area contributed by atoms with Crippen LogP contribution in [0.1, 0.15) is 44.9 Å². The van der Waals surface area contributed by atoms with Gasteiger partial charge in [0.05, 0.1) is 12.5 Å². The lowest BCUT2D eigenvalue weighted by Gasteiger charge is -2.31. The highest BCUT2D eigenvalue weighted by atomic mass is 16.7. The predicted molar refractivity (Wildman–Crippen MR) is 101 cm³/mol. The molecule has 4 rings (SSSR count). The van der Waals surface area contributed by atoms with Gasteiger partial charge in [0.25, 0.3) is 5.79 Å². The van der Waals surface area contributed by atoms with Crippen LogP contribution in [0.15, 0.2) is 18.2 Å². The molecule has 3 aliphatic rings. The molecule has 7 nitrogen and oxygen atoms in total. The van der Waals surface area contributed by atoms with Gasteiger partial charge in [0.2, 0.25) is 11.8 Å². The molecule has 0 unspecified atom stereocenters. The maximum absolute atomic E-state index is 12.4. The number of nitrogens with one attached hydrogen (secondary N) is 1. The van der Waals surface area contributed by atoms with Gasteiger partial charge in [0, 0.05) is 31.1 Å². The Balaban J connectivity index is 1.35. The summed E-state index contributed by atoms with van der Waals surface area (Å²) in [7, 11) is 0. The van der Waals surface area contributed by atoms with E-state index in [9.17, 15) is 9.59 Å². The van der Waals surface area contributed by atoms with Crippen molar-refractivity contribution in [3.8, 4) is 11.5 Å². The molecular weight excluding hydrogens is 346 g/mol. The highest BCUT2D eigenvalue weighted by Crippen LogP contribution is 2.46. The first-order valence-corrected chi connectivity index (χ1v) is 9.87. The number of likely N-dealkylation sites (tertiary alicyclic amines) is 1. The largest absolute Gasteiger partial charge is 0.448 e. The molecule has 2 heterocycles. The van der Waals surface area contributed by atoms with Gasteiger partial charge in [0.1, 0.15) is 0 Å². The van der Waals surface area contributed by atoms with Crippen LogP contribution in [-0.4, -0.2) is 42.1 Å². The van der Waals surface area contributed by atoms with Gasteiger partial charge in [-0.05, 0) is 44.4 Å². The number of nitrogens with two attached hydrogens (primary N) is 1. The number of anilines is 1. The van der Waals surface area contributed by atoms with Gasteiger partial charge in [-0.15, -0.1) is 0 Å². The number of fused-ring (bicyclic) bond motifs is 1. The monoisotopic (exact) mass is 373 g/mol. The lowest BCUT2D eigenvalue weighted by Crippen LogP contribution is -2.44. The van der Waals surface area contributed by atoms with Crippen LogP contribution in [0.25, 0.3) is 0 Å². The first-order chi connectivity index (χ1) is 13.0.